The fraction of sp³-hybridized carbons (Fsp3) is 0.154. The van der Waals surface area contributed by atoms with E-state index in [0.29, 0.717) is 11.6 Å². The summed E-state index contributed by atoms with van der Waals surface area (Å²) in [5.74, 6) is -4.08. The first-order chi connectivity index (χ1) is 20.9. The average Bonchev–Trinajstić information content (AvgIpc) is 2.94. The summed E-state index contributed by atoms with van der Waals surface area (Å²) in [7, 11) is 0. The third-order valence-electron chi connectivity index (χ3n) is 5.55. The molecule has 0 amide bonds. The molecule has 0 aliphatic heterocycles. The van der Waals surface area contributed by atoms with Gasteiger partial charge in [-0.1, -0.05) is 0 Å². The number of aryl methyl sites for hydroxylation is 2. The SMILES string of the molecule is Cc1nc(NCCNc2nc(C)nc(Nc3cc(C(=O)O)cc(C(=O)O)c3)n2)nc(Nc2cc(C(=O)O)cc(C(=O)O)c2)n1. The minimum Gasteiger partial charge on any atom is -0.478 e. The van der Waals surface area contributed by atoms with Gasteiger partial charge in [0.25, 0.3) is 0 Å². The van der Waals surface area contributed by atoms with Crippen LogP contribution in [-0.2, 0) is 0 Å². The second-order valence-corrected chi connectivity index (χ2v) is 8.98. The molecule has 4 aromatic rings. The van der Waals surface area contributed by atoms with Gasteiger partial charge in [-0.2, -0.15) is 29.9 Å². The van der Waals surface area contributed by atoms with Crippen LogP contribution in [0.25, 0.3) is 0 Å². The zero-order chi connectivity index (χ0) is 32.0. The van der Waals surface area contributed by atoms with E-state index in [2.05, 4.69) is 51.2 Å². The summed E-state index contributed by atoms with van der Waals surface area (Å²) in [6.45, 7) is 3.77. The van der Waals surface area contributed by atoms with Crippen LogP contribution in [-0.4, -0.2) is 87.3 Å². The highest BCUT2D eigenvalue weighted by atomic mass is 16.4. The molecule has 0 spiro atoms. The highest BCUT2D eigenvalue weighted by Crippen LogP contribution is 2.21. The molecule has 8 N–H and O–H groups in total. The fourth-order valence-electron chi connectivity index (χ4n) is 3.73. The first-order valence-electron chi connectivity index (χ1n) is 12.6. The number of hydrogen-bond acceptors (Lipinski definition) is 14. The molecule has 2 heterocycles. The van der Waals surface area contributed by atoms with Gasteiger partial charge >= 0.3 is 23.9 Å². The number of nitrogens with one attached hydrogen (secondary N) is 4. The molecule has 0 fully saturated rings. The van der Waals surface area contributed by atoms with Crippen molar-refractivity contribution in [3.8, 4) is 0 Å². The van der Waals surface area contributed by atoms with E-state index in [1.807, 2.05) is 0 Å². The molecule has 0 aliphatic rings. The molecule has 0 atom stereocenters. The molecular weight excluding hydrogens is 580 g/mol. The zero-order valence-corrected chi connectivity index (χ0v) is 23.0. The highest BCUT2D eigenvalue weighted by Gasteiger charge is 2.15. The van der Waals surface area contributed by atoms with Gasteiger partial charge < -0.3 is 41.7 Å². The summed E-state index contributed by atoms with van der Waals surface area (Å²) >= 11 is 0. The Balaban J connectivity index is 1.41. The van der Waals surface area contributed by atoms with Crippen LogP contribution < -0.4 is 21.3 Å². The Morgan fingerprint density at radius 1 is 0.500 bits per heavy atom. The number of benzene rings is 2. The van der Waals surface area contributed by atoms with E-state index >= 15 is 0 Å². The maximum Gasteiger partial charge on any atom is 0.335 e. The van der Waals surface area contributed by atoms with Crippen LogP contribution in [0.4, 0.5) is 35.2 Å². The number of carbonyl (C=O) groups is 4. The zero-order valence-electron chi connectivity index (χ0n) is 23.0. The predicted molar refractivity (Wildman–Crippen MR) is 153 cm³/mol. The van der Waals surface area contributed by atoms with Crippen molar-refractivity contribution in [2.45, 2.75) is 13.8 Å². The maximum atomic E-state index is 11.4. The lowest BCUT2D eigenvalue weighted by molar-refractivity contribution is 0.0676. The van der Waals surface area contributed by atoms with Crippen molar-refractivity contribution in [3.05, 3.63) is 70.3 Å². The fourth-order valence-corrected chi connectivity index (χ4v) is 3.73. The molecule has 4 rings (SSSR count). The number of aromatic carboxylic acids is 4. The van der Waals surface area contributed by atoms with Crippen LogP contribution >= 0.6 is 0 Å². The topological polar surface area (TPSA) is 275 Å². The Morgan fingerprint density at radius 3 is 1.09 bits per heavy atom. The summed E-state index contributed by atoms with van der Waals surface area (Å²) in [5.41, 5.74) is -0.601. The predicted octanol–water partition coefficient (Wildman–Crippen LogP) is 2.48. The van der Waals surface area contributed by atoms with Crippen molar-refractivity contribution >= 4 is 59.0 Å². The van der Waals surface area contributed by atoms with Crippen LogP contribution in [0, 0.1) is 13.8 Å². The molecule has 0 saturated carbocycles. The van der Waals surface area contributed by atoms with Gasteiger partial charge in [0.15, 0.2) is 0 Å². The number of carboxylic acid groups (broad SMARTS) is 4. The van der Waals surface area contributed by atoms with Crippen LogP contribution in [0.5, 0.6) is 0 Å². The maximum absolute atomic E-state index is 11.4. The second kappa shape index (κ2) is 13.0. The largest absolute Gasteiger partial charge is 0.478 e. The van der Waals surface area contributed by atoms with Crippen molar-refractivity contribution in [3.63, 3.8) is 0 Å². The van der Waals surface area contributed by atoms with E-state index in [4.69, 9.17) is 0 Å². The highest BCUT2D eigenvalue weighted by molar-refractivity contribution is 5.96. The smallest absolute Gasteiger partial charge is 0.335 e. The molecule has 44 heavy (non-hydrogen) atoms. The lowest BCUT2D eigenvalue weighted by Crippen LogP contribution is -2.18. The van der Waals surface area contributed by atoms with Crippen LogP contribution in [0.2, 0.25) is 0 Å². The van der Waals surface area contributed by atoms with Gasteiger partial charge in [0, 0.05) is 24.5 Å². The molecule has 2 aromatic carbocycles. The molecule has 0 saturated heterocycles. The first kappa shape index (κ1) is 30.5. The average molecular weight is 605 g/mol. The monoisotopic (exact) mass is 604 g/mol. The summed E-state index contributed by atoms with van der Waals surface area (Å²) in [4.78, 5) is 70.8. The molecule has 18 nitrogen and oxygen atoms in total. The molecule has 0 bridgehead atoms. The number of carboxylic acids is 4. The molecule has 18 heteroatoms. The summed E-state index contributed by atoms with van der Waals surface area (Å²) in [6, 6.07) is 7.07. The van der Waals surface area contributed by atoms with Gasteiger partial charge in [0.05, 0.1) is 22.3 Å². The summed E-state index contributed by atoms with van der Waals surface area (Å²) in [5, 5.41) is 48.8. The molecule has 2 aromatic heterocycles. The number of nitrogens with zero attached hydrogens (tertiary/aromatic N) is 6. The number of anilines is 6. The van der Waals surface area contributed by atoms with E-state index in [9.17, 15) is 39.6 Å². The third kappa shape index (κ3) is 8.06. The van der Waals surface area contributed by atoms with Crippen LogP contribution in [0.15, 0.2) is 36.4 Å². The minimum absolute atomic E-state index is 0.0497. The molecular formula is C26H24N10O8. The Morgan fingerprint density at radius 2 is 0.795 bits per heavy atom. The first-order valence-corrected chi connectivity index (χ1v) is 12.6. The third-order valence-corrected chi connectivity index (χ3v) is 5.55. The van der Waals surface area contributed by atoms with Crippen molar-refractivity contribution in [1.29, 1.82) is 0 Å². The van der Waals surface area contributed by atoms with Crippen LogP contribution in [0.1, 0.15) is 53.1 Å². The lowest BCUT2D eigenvalue weighted by Gasteiger charge is -2.12. The Kier molecular flexibility index (Phi) is 9.02. The normalized spacial score (nSPS) is 10.5. The van der Waals surface area contributed by atoms with Crippen LogP contribution in [0.3, 0.4) is 0 Å². The van der Waals surface area contributed by atoms with Gasteiger partial charge in [-0.25, -0.2) is 19.2 Å². The van der Waals surface area contributed by atoms with Gasteiger partial charge in [0.2, 0.25) is 23.8 Å². The Labute approximate surface area is 247 Å². The summed E-state index contributed by atoms with van der Waals surface area (Å²) in [6.07, 6.45) is 0. The van der Waals surface area contributed by atoms with E-state index < -0.39 is 23.9 Å². The molecule has 0 unspecified atom stereocenters. The second-order valence-electron chi connectivity index (χ2n) is 8.98. The van der Waals surface area contributed by atoms with Crippen molar-refractivity contribution in [2.24, 2.45) is 0 Å². The molecule has 0 aliphatic carbocycles. The number of aromatic nitrogens is 6. The van der Waals surface area contributed by atoms with Gasteiger partial charge in [-0.05, 0) is 50.2 Å². The van der Waals surface area contributed by atoms with Gasteiger partial charge in [-0.3, -0.25) is 0 Å². The van der Waals surface area contributed by atoms with Gasteiger partial charge in [-0.15, -0.1) is 0 Å². The van der Waals surface area contributed by atoms with E-state index in [0.717, 1.165) is 12.1 Å². The quantitative estimate of drug-likeness (QED) is 0.102. The van der Waals surface area contributed by atoms with Crippen molar-refractivity contribution in [2.75, 3.05) is 34.4 Å². The van der Waals surface area contributed by atoms with Crippen molar-refractivity contribution < 1.29 is 39.6 Å². The Bertz CT molecular complexity index is 1590. The molecule has 0 radical (unpaired) electrons. The van der Waals surface area contributed by atoms with E-state index in [1.165, 1.54) is 24.3 Å². The van der Waals surface area contributed by atoms with E-state index in [1.54, 1.807) is 13.8 Å². The molecule has 226 valence electrons. The lowest BCUT2D eigenvalue weighted by atomic mass is 10.1. The number of rotatable bonds is 13. The van der Waals surface area contributed by atoms with E-state index in [-0.39, 0.29) is 70.5 Å². The Hall–Kier alpha value is -6.46. The standard InChI is InChI=1S/C26H24N10O8/c1-11-29-23(35-25(31-11)33-17-7-13(19(37)38)5-14(8-17)20(39)40)27-3-4-28-24-30-12(2)32-26(36-24)34-18-9-15(21(41)42)6-16(10-18)22(43)44/h5-10H,3-4H2,1-2H3,(H,37,38)(H,39,40)(H,41,42)(H,43,44)(H2,27,29,31,33,35)(H2,28,30,32,34,36). The van der Waals surface area contributed by atoms with Gasteiger partial charge in [0.1, 0.15) is 11.6 Å². The minimum atomic E-state index is -1.30. The number of hydrogen-bond donors (Lipinski definition) is 8. The van der Waals surface area contributed by atoms with Crippen molar-refractivity contribution in [1.82, 2.24) is 29.9 Å². The summed E-state index contributed by atoms with van der Waals surface area (Å²) < 4.78 is 0.